The van der Waals surface area contributed by atoms with E-state index in [0.717, 1.165) is 37.3 Å². The number of nitrogens with one attached hydrogen (secondary N) is 2. The summed E-state index contributed by atoms with van der Waals surface area (Å²) in [4.78, 5) is 18.4. The summed E-state index contributed by atoms with van der Waals surface area (Å²) in [7, 11) is 0. The van der Waals surface area contributed by atoms with Crippen molar-refractivity contribution in [2.75, 3.05) is 31.6 Å². The van der Waals surface area contributed by atoms with Crippen molar-refractivity contribution < 1.29 is 9.53 Å². The van der Waals surface area contributed by atoms with Gasteiger partial charge in [0.1, 0.15) is 5.75 Å². The normalized spacial score (nSPS) is 16.8. The topological polar surface area (TPSA) is 83.1 Å². The van der Waals surface area contributed by atoms with Gasteiger partial charge in [-0.1, -0.05) is 23.7 Å². The van der Waals surface area contributed by atoms with E-state index in [0.29, 0.717) is 35.0 Å². The minimum absolute atomic E-state index is 0.0277. The molecule has 1 fully saturated rings. The van der Waals surface area contributed by atoms with Gasteiger partial charge in [-0.3, -0.25) is 14.8 Å². The van der Waals surface area contributed by atoms with Crippen LogP contribution in [0.1, 0.15) is 23.7 Å². The van der Waals surface area contributed by atoms with Crippen molar-refractivity contribution in [2.45, 2.75) is 18.8 Å². The lowest BCUT2D eigenvalue weighted by Crippen LogP contribution is -2.31. The molecule has 7 nitrogen and oxygen atoms in total. The van der Waals surface area contributed by atoms with Gasteiger partial charge < -0.3 is 10.1 Å². The predicted molar refractivity (Wildman–Crippen MR) is 114 cm³/mol. The smallest absolute Gasteiger partial charge is 0.240 e. The van der Waals surface area contributed by atoms with Crippen LogP contribution < -0.4 is 10.1 Å². The Balaban J connectivity index is 1.23. The number of para-hydroxylation sites is 1. The molecule has 2 N–H and O–H groups in total. The van der Waals surface area contributed by atoms with E-state index in [1.807, 2.05) is 29.6 Å². The maximum absolute atomic E-state index is 12.1. The molecular formula is C20H22ClN5O2S. The van der Waals surface area contributed by atoms with Gasteiger partial charge in [0.2, 0.25) is 5.91 Å². The fraction of sp³-hybridized carbons (Fsp3) is 0.350. The fourth-order valence-electron chi connectivity index (χ4n) is 3.41. The van der Waals surface area contributed by atoms with Gasteiger partial charge in [-0.2, -0.15) is 5.10 Å². The Hall–Kier alpha value is -2.42. The summed E-state index contributed by atoms with van der Waals surface area (Å²) >= 11 is 7.53. The highest BCUT2D eigenvalue weighted by molar-refractivity contribution is 7.13. The number of benzene rings is 1. The highest BCUT2D eigenvalue weighted by atomic mass is 35.5. The largest absolute Gasteiger partial charge is 0.492 e. The van der Waals surface area contributed by atoms with Gasteiger partial charge in [-0.25, -0.2) is 4.98 Å². The van der Waals surface area contributed by atoms with E-state index in [1.54, 1.807) is 6.20 Å². The van der Waals surface area contributed by atoms with E-state index in [-0.39, 0.29) is 5.91 Å². The zero-order chi connectivity index (χ0) is 20.1. The van der Waals surface area contributed by atoms with Crippen molar-refractivity contribution in [3.8, 4) is 5.75 Å². The number of amides is 1. The van der Waals surface area contributed by atoms with E-state index >= 15 is 0 Å². The summed E-state index contributed by atoms with van der Waals surface area (Å²) in [6.07, 6.45) is 3.40. The third kappa shape index (κ3) is 5.35. The van der Waals surface area contributed by atoms with Crippen molar-refractivity contribution in [1.82, 2.24) is 20.1 Å². The Bertz CT molecular complexity index is 946. The number of thiazole rings is 1. The van der Waals surface area contributed by atoms with E-state index in [2.05, 4.69) is 31.5 Å². The first-order valence-electron chi connectivity index (χ1n) is 9.50. The number of aromatic nitrogens is 3. The third-order valence-corrected chi connectivity index (χ3v) is 5.85. The van der Waals surface area contributed by atoms with Crippen LogP contribution in [0.4, 0.5) is 5.13 Å². The third-order valence-electron chi connectivity index (χ3n) is 4.85. The number of aromatic amines is 1. The van der Waals surface area contributed by atoms with Crippen molar-refractivity contribution in [3.63, 3.8) is 0 Å². The number of rotatable bonds is 8. The highest BCUT2D eigenvalue weighted by Gasteiger charge is 2.27. The Morgan fingerprint density at radius 3 is 3.14 bits per heavy atom. The summed E-state index contributed by atoms with van der Waals surface area (Å²) in [5.41, 5.74) is 2.08. The van der Waals surface area contributed by atoms with Crippen LogP contribution in [0.3, 0.4) is 0 Å². The number of hydrogen-bond donors (Lipinski definition) is 2. The van der Waals surface area contributed by atoms with E-state index < -0.39 is 0 Å². The van der Waals surface area contributed by atoms with Gasteiger partial charge in [0.05, 0.1) is 23.9 Å². The molecule has 1 unspecified atom stereocenters. The van der Waals surface area contributed by atoms with Gasteiger partial charge in [0.25, 0.3) is 0 Å². The molecule has 0 radical (unpaired) electrons. The van der Waals surface area contributed by atoms with Crippen molar-refractivity contribution in [2.24, 2.45) is 0 Å². The molecule has 152 valence electrons. The van der Waals surface area contributed by atoms with Crippen LogP contribution in [0.15, 0.2) is 41.9 Å². The molecule has 0 aliphatic carbocycles. The van der Waals surface area contributed by atoms with Gasteiger partial charge in [0, 0.05) is 36.2 Å². The molecule has 1 saturated heterocycles. The molecule has 1 amide bonds. The Labute approximate surface area is 178 Å². The maximum Gasteiger partial charge on any atom is 0.240 e. The summed E-state index contributed by atoms with van der Waals surface area (Å²) in [6, 6.07) is 9.55. The van der Waals surface area contributed by atoms with Crippen LogP contribution in [-0.4, -0.2) is 52.2 Å². The summed E-state index contributed by atoms with van der Waals surface area (Å²) < 4.78 is 5.74. The van der Waals surface area contributed by atoms with Gasteiger partial charge >= 0.3 is 0 Å². The van der Waals surface area contributed by atoms with E-state index in [1.165, 1.54) is 11.3 Å². The van der Waals surface area contributed by atoms with Crippen LogP contribution in [-0.2, 0) is 11.2 Å². The highest BCUT2D eigenvalue weighted by Crippen LogP contribution is 2.27. The molecule has 3 heterocycles. The quantitative estimate of drug-likeness (QED) is 0.569. The molecule has 0 saturated carbocycles. The molecule has 1 aliphatic rings. The van der Waals surface area contributed by atoms with Gasteiger partial charge in [-0.15, -0.1) is 11.3 Å². The number of hydrogen-bond acceptors (Lipinski definition) is 6. The molecule has 29 heavy (non-hydrogen) atoms. The van der Waals surface area contributed by atoms with Crippen LogP contribution in [0, 0.1) is 0 Å². The lowest BCUT2D eigenvalue weighted by atomic mass is 10.0. The number of H-pyrrole nitrogens is 1. The first-order valence-corrected chi connectivity index (χ1v) is 10.8. The molecule has 4 rings (SSSR count). The maximum atomic E-state index is 12.1. The second kappa shape index (κ2) is 9.39. The molecule has 0 bridgehead atoms. The number of nitrogens with zero attached hydrogens (tertiary/aromatic N) is 3. The molecule has 2 aromatic heterocycles. The lowest BCUT2D eigenvalue weighted by Gasteiger charge is -2.14. The average molecular weight is 432 g/mol. The number of anilines is 1. The zero-order valence-corrected chi connectivity index (χ0v) is 17.4. The minimum atomic E-state index is -0.0277. The van der Waals surface area contributed by atoms with Crippen LogP contribution in [0.25, 0.3) is 0 Å². The number of halogens is 1. The van der Waals surface area contributed by atoms with Crippen molar-refractivity contribution >= 4 is 34.0 Å². The summed E-state index contributed by atoms with van der Waals surface area (Å²) in [6.45, 7) is 2.61. The zero-order valence-electron chi connectivity index (χ0n) is 15.8. The predicted octanol–water partition coefficient (Wildman–Crippen LogP) is 3.57. The molecule has 3 aromatic rings. The second-order valence-corrected chi connectivity index (χ2v) is 8.25. The van der Waals surface area contributed by atoms with Crippen LogP contribution in [0.5, 0.6) is 5.75 Å². The molecule has 1 aromatic carbocycles. The molecule has 9 heteroatoms. The number of carbonyl (C=O) groups is 1. The SMILES string of the molecule is O=C(CN1CCC(c2cc(CCOc3ccccc3Cl)[nH]n2)C1)Nc1nccs1. The van der Waals surface area contributed by atoms with Crippen molar-refractivity contribution in [1.29, 1.82) is 0 Å². The first-order chi connectivity index (χ1) is 14.2. The van der Waals surface area contributed by atoms with Crippen LogP contribution >= 0.6 is 22.9 Å². The molecule has 1 atom stereocenters. The fourth-order valence-corrected chi connectivity index (χ4v) is 4.15. The average Bonchev–Trinajstić information content (AvgIpc) is 3.45. The summed E-state index contributed by atoms with van der Waals surface area (Å²) in [5, 5.41) is 13.5. The van der Waals surface area contributed by atoms with Crippen LogP contribution in [0.2, 0.25) is 5.02 Å². The van der Waals surface area contributed by atoms with Crippen molar-refractivity contribution in [3.05, 3.63) is 58.3 Å². The lowest BCUT2D eigenvalue weighted by molar-refractivity contribution is -0.117. The Kier molecular flexibility index (Phi) is 6.43. The number of carbonyl (C=O) groups excluding carboxylic acids is 1. The number of ether oxygens (including phenoxy) is 1. The molecule has 1 aliphatic heterocycles. The Morgan fingerprint density at radius 1 is 1.41 bits per heavy atom. The Morgan fingerprint density at radius 2 is 2.31 bits per heavy atom. The van der Waals surface area contributed by atoms with Gasteiger partial charge in [0.15, 0.2) is 5.13 Å². The van der Waals surface area contributed by atoms with E-state index in [9.17, 15) is 4.79 Å². The molecular weight excluding hydrogens is 410 g/mol. The standard InChI is InChI=1S/C20H22ClN5O2S/c21-16-3-1-2-4-18(16)28-9-6-15-11-17(25-24-15)14-5-8-26(12-14)13-19(27)23-20-22-7-10-29-20/h1-4,7,10-11,14H,5-6,8-9,12-13H2,(H,24,25)(H,22,23,27). The second-order valence-electron chi connectivity index (χ2n) is 6.95. The summed E-state index contributed by atoms with van der Waals surface area (Å²) in [5.74, 6) is 0.994. The monoisotopic (exact) mass is 431 g/mol. The first kappa shape index (κ1) is 19.9. The van der Waals surface area contributed by atoms with Gasteiger partial charge in [-0.05, 0) is 31.2 Å². The number of likely N-dealkylation sites (tertiary alicyclic amines) is 1. The minimum Gasteiger partial charge on any atom is -0.492 e. The molecule has 0 spiro atoms. The van der Waals surface area contributed by atoms with E-state index in [4.69, 9.17) is 16.3 Å².